The van der Waals surface area contributed by atoms with Gasteiger partial charge in [0.15, 0.2) is 0 Å². The minimum absolute atomic E-state index is 0.225. The predicted octanol–water partition coefficient (Wildman–Crippen LogP) is 0.447. The first-order valence-corrected chi connectivity index (χ1v) is 4.17. The van der Waals surface area contributed by atoms with E-state index in [1.54, 1.807) is 0 Å². The summed E-state index contributed by atoms with van der Waals surface area (Å²) in [4.78, 5) is 4.01. The van der Waals surface area contributed by atoms with E-state index in [1.807, 2.05) is 12.4 Å². The molecule has 1 aliphatic heterocycles. The first-order chi connectivity index (χ1) is 5.81. The van der Waals surface area contributed by atoms with Crippen molar-refractivity contribution in [1.82, 2.24) is 15.8 Å². The van der Waals surface area contributed by atoms with Crippen molar-refractivity contribution in [2.75, 3.05) is 13.1 Å². The Hall–Kier alpha value is -0.930. The fourth-order valence-electron chi connectivity index (χ4n) is 1.54. The number of hydrazine groups is 1. The van der Waals surface area contributed by atoms with Crippen molar-refractivity contribution in [1.29, 1.82) is 0 Å². The zero-order valence-corrected chi connectivity index (χ0v) is 7.17. The summed E-state index contributed by atoms with van der Waals surface area (Å²) in [7, 11) is 0. The zero-order chi connectivity index (χ0) is 8.44. The molecule has 3 heteroatoms. The molecule has 3 nitrogen and oxygen atoms in total. The van der Waals surface area contributed by atoms with Gasteiger partial charge in [-0.3, -0.25) is 15.8 Å². The molecule has 0 spiro atoms. The number of aromatic nitrogens is 1. The molecule has 2 N–H and O–H groups in total. The standard InChI is InChI=1S/C9H13N3/c1-9(6-11-12-7-9)8-2-4-10-5-3-8/h2-5,11-12H,6-7H2,1H3. The van der Waals surface area contributed by atoms with E-state index < -0.39 is 0 Å². The summed E-state index contributed by atoms with van der Waals surface area (Å²) in [5.41, 5.74) is 7.85. The van der Waals surface area contributed by atoms with Crippen molar-refractivity contribution < 1.29 is 0 Å². The minimum atomic E-state index is 0.225. The topological polar surface area (TPSA) is 37.0 Å². The Kier molecular flexibility index (Phi) is 1.83. The molecule has 0 radical (unpaired) electrons. The molecule has 0 aromatic carbocycles. The third kappa shape index (κ3) is 1.21. The molecule has 64 valence electrons. The third-order valence-corrected chi connectivity index (χ3v) is 2.46. The van der Waals surface area contributed by atoms with Crippen LogP contribution in [0.1, 0.15) is 12.5 Å². The Morgan fingerprint density at radius 1 is 1.25 bits per heavy atom. The van der Waals surface area contributed by atoms with Gasteiger partial charge < -0.3 is 0 Å². The summed E-state index contributed by atoms with van der Waals surface area (Å²) in [6.07, 6.45) is 3.69. The van der Waals surface area contributed by atoms with E-state index >= 15 is 0 Å². The summed E-state index contributed by atoms with van der Waals surface area (Å²) in [5.74, 6) is 0. The van der Waals surface area contributed by atoms with Gasteiger partial charge in [0.05, 0.1) is 0 Å². The molecule has 2 rings (SSSR count). The summed E-state index contributed by atoms with van der Waals surface area (Å²) in [5, 5.41) is 0. The first kappa shape index (κ1) is 7.71. The molecule has 1 aliphatic rings. The summed E-state index contributed by atoms with van der Waals surface area (Å²) >= 11 is 0. The van der Waals surface area contributed by atoms with Crippen LogP contribution in [0.15, 0.2) is 24.5 Å². The summed E-state index contributed by atoms with van der Waals surface area (Å²) < 4.78 is 0. The third-order valence-electron chi connectivity index (χ3n) is 2.46. The minimum Gasteiger partial charge on any atom is -0.265 e. The number of hydrogen-bond acceptors (Lipinski definition) is 3. The van der Waals surface area contributed by atoms with Crippen molar-refractivity contribution in [3.63, 3.8) is 0 Å². The van der Waals surface area contributed by atoms with Gasteiger partial charge in [0.25, 0.3) is 0 Å². The Labute approximate surface area is 72.2 Å². The van der Waals surface area contributed by atoms with Crippen LogP contribution in [0.25, 0.3) is 0 Å². The second-order valence-corrected chi connectivity index (χ2v) is 3.50. The highest BCUT2D eigenvalue weighted by Gasteiger charge is 2.29. The van der Waals surface area contributed by atoms with Crippen LogP contribution in [-0.2, 0) is 5.41 Å². The molecule has 2 heterocycles. The molecule has 1 saturated heterocycles. The highest BCUT2D eigenvalue weighted by atomic mass is 15.4. The van der Waals surface area contributed by atoms with Crippen LogP contribution >= 0.6 is 0 Å². The average Bonchev–Trinajstić information content (AvgIpc) is 2.55. The highest BCUT2D eigenvalue weighted by molar-refractivity contribution is 5.24. The van der Waals surface area contributed by atoms with Gasteiger partial charge >= 0.3 is 0 Å². The Morgan fingerprint density at radius 3 is 2.42 bits per heavy atom. The molecular formula is C9H13N3. The fraction of sp³-hybridized carbons (Fsp3) is 0.444. The normalized spacial score (nSPS) is 21.1. The van der Waals surface area contributed by atoms with Gasteiger partial charge in [-0.25, -0.2) is 0 Å². The van der Waals surface area contributed by atoms with E-state index in [1.165, 1.54) is 5.56 Å². The summed E-state index contributed by atoms with van der Waals surface area (Å²) in [6.45, 7) is 4.21. The molecule has 0 amide bonds. The molecular weight excluding hydrogens is 150 g/mol. The fourth-order valence-corrected chi connectivity index (χ4v) is 1.54. The van der Waals surface area contributed by atoms with Crippen LogP contribution < -0.4 is 10.9 Å². The molecule has 12 heavy (non-hydrogen) atoms. The maximum atomic E-state index is 4.01. The van der Waals surface area contributed by atoms with Crippen LogP contribution in [-0.4, -0.2) is 18.1 Å². The average molecular weight is 163 g/mol. The van der Waals surface area contributed by atoms with E-state index in [0.29, 0.717) is 0 Å². The van der Waals surface area contributed by atoms with Gasteiger partial charge in [-0.05, 0) is 17.7 Å². The zero-order valence-electron chi connectivity index (χ0n) is 7.17. The monoisotopic (exact) mass is 163 g/mol. The van der Waals surface area contributed by atoms with Crippen LogP contribution in [0.2, 0.25) is 0 Å². The number of nitrogens with zero attached hydrogens (tertiary/aromatic N) is 1. The van der Waals surface area contributed by atoms with E-state index in [2.05, 4.69) is 34.9 Å². The maximum Gasteiger partial charge on any atom is 0.0270 e. The molecule has 0 bridgehead atoms. The number of rotatable bonds is 1. The SMILES string of the molecule is CC1(c2ccncc2)CNNC1. The van der Waals surface area contributed by atoms with E-state index in [9.17, 15) is 0 Å². The lowest BCUT2D eigenvalue weighted by atomic mass is 9.84. The van der Waals surface area contributed by atoms with E-state index in [4.69, 9.17) is 0 Å². The summed E-state index contributed by atoms with van der Waals surface area (Å²) in [6, 6.07) is 4.16. The molecule has 1 aromatic heterocycles. The maximum absolute atomic E-state index is 4.01. The smallest absolute Gasteiger partial charge is 0.0270 e. The van der Waals surface area contributed by atoms with Gasteiger partial charge in [0.2, 0.25) is 0 Å². The van der Waals surface area contributed by atoms with E-state index in [0.717, 1.165) is 13.1 Å². The van der Waals surface area contributed by atoms with Crippen molar-refractivity contribution >= 4 is 0 Å². The second-order valence-electron chi connectivity index (χ2n) is 3.50. The Morgan fingerprint density at radius 2 is 1.83 bits per heavy atom. The van der Waals surface area contributed by atoms with Crippen molar-refractivity contribution in [3.05, 3.63) is 30.1 Å². The Bertz CT molecular complexity index is 252. The predicted molar refractivity (Wildman–Crippen MR) is 47.6 cm³/mol. The van der Waals surface area contributed by atoms with Crippen molar-refractivity contribution in [3.8, 4) is 0 Å². The highest BCUT2D eigenvalue weighted by Crippen LogP contribution is 2.23. The molecule has 0 saturated carbocycles. The lowest BCUT2D eigenvalue weighted by Gasteiger charge is -2.21. The van der Waals surface area contributed by atoms with Crippen LogP contribution in [0.4, 0.5) is 0 Å². The second kappa shape index (κ2) is 2.84. The number of pyridine rings is 1. The number of hydrogen-bond donors (Lipinski definition) is 2. The van der Waals surface area contributed by atoms with Crippen LogP contribution in [0.5, 0.6) is 0 Å². The first-order valence-electron chi connectivity index (χ1n) is 4.17. The lowest BCUT2D eigenvalue weighted by Crippen LogP contribution is -2.27. The lowest BCUT2D eigenvalue weighted by molar-refractivity contribution is 0.552. The van der Waals surface area contributed by atoms with Gasteiger partial charge in [-0.1, -0.05) is 6.92 Å². The molecule has 0 unspecified atom stereocenters. The van der Waals surface area contributed by atoms with Crippen LogP contribution in [0.3, 0.4) is 0 Å². The van der Waals surface area contributed by atoms with Gasteiger partial charge in [0, 0.05) is 30.9 Å². The van der Waals surface area contributed by atoms with Crippen molar-refractivity contribution in [2.24, 2.45) is 0 Å². The van der Waals surface area contributed by atoms with E-state index in [-0.39, 0.29) is 5.41 Å². The Balaban J connectivity index is 2.29. The quantitative estimate of drug-likeness (QED) is 0.631. The van der Waals surface area contributed by atoms with Gasteiger partial charge in [-0.2, -0.15) is 0 Å². The van der Waals surface area contributed by atoms with Gasteiger partial charge in [0.1, 0.15) is 0 Å². The molecule has 1 fully saturated rings. The number of nitrogens with one attached hydrogen (secondary N) is 2. The largest absolute Gasteiger partial charge is 0.265 e. The molecule has 0 aliphatic carbocycles. The molecule has 0 atom stereocenters. The van der Waals surface area contributed by atoms with Gasteiger partial charge in [-0.15, -0.1) is 0 Å². The molecule has 1 aromatic rings. The van der Waals surface area contributed by atoms with Crippen LogP contribution in [0, 0.1) is 0 Å². The van der Waals surface area contributed by atoms with Crippen molar-refractivity contribution in [2.45, 2.75) is 12.3 Å².